The maximum Gasteiger partial charge on any atom is 0.397 e. The maximum absolute atomic E-state index is 14.2. The Kier molecular flexibility index (Phi) is 5.09. The van der Waals surface area contributed by atoms with E-state index in [9.17, 15) is 30.8 Å². The van der Waals surface area contributed by atoms with Gasteiger partial charge in [-0.15, -0.1) is 0 Å². The summed E-state index contributed by atoms with van der Waals surface area (Å²) in [4.78, 5) is 12.0. The van der Waals surface area contributed by atoms with Crippen LogP contribution in [0.25, 0.3) is 0 Å². The van der Waals surface area contributed by atoms with Gasteiger partial charge in [0.2, 0.25) is 10.0 Å². The highest BCUT2D eigenvalue weighted by Gasteiger charge is 2.58. The van der Waals surface area contributed by atoms with E-state index in [2.05, 4.69) is 0 Å². The summed E-state index contributed by atoms with van der Waals surface area (Å²) in [6.07, 6.45) is -3.38. The molecule has 1 amide bonds. The van der Waals surface area contributed by atoms with E-state index in [4.69, 9.17) is 16.3 Å². The minimum Gasteiger partial charge on any atom is -0.491 e. The number of sulfonamides is 1. The molecule has 0 unspecified atom stereocenters. The normalized spacial score (nSPS) is 19.3. The first kappa shape index (κ1) is 20.2. The van der Waals surface area contributed by atoms with Crippen molar-refractivity contribution in [1.29, 1.82) is 0 Å². The topological polar surface area (TPSA) is 72.5 Å². The van der Waals surface area contributed by atoms with E-state index < -0.39 is 50.8 Å². The van der Waals surface area contributed by atoms with E-state index in [0.29, 0.717) is 25.3 Å². The van der Waals surface area contributed by atoms with Crippen molar-refractivity contribution in [3.05, 3.63) is 28.5 Å². The highest BCUT2D eigenvalue weighted by Crippen LogP contribution is 2.53. The van der Waals surface area contributed by atoms with Crippen LogP contribution in [0.15, 0.2) is 12.1 Å². The fraction of sp³-hybridized carbons (Fsp3) is 0.562. The molecule has 0 aliphatic heterocycles. The summed E-state index contributed by atoms with van der Waals surface area (Å²) in [5, 5.41) is -0.967. The van der Waals surface area contributed by atoms with Crippen LogP contribution in [0.4, 0.5) is 17.6 Å². The van der Waals surface area contributed by atoms with Gasteiger partial charge in [-0.1, -0.05) is 18.0 Å². The van der Waals surface area contributed by atoms with Crippen molar-refractivity contribution >= 4 is 27.5 Å². The van der Waals surface area contributed by atoms with Crippen molar-refractivity contribution < 1.29 is 35.5 Å². The number of benzene rings is 1. The van der Waals surface area contributed by atoms with E-state index in [1.165, 1.54) is 0 Å². The summed E-state index contributed by atoms with van der Waals surface area (Å²) < 4.78 is 84.0. The van der Waals surface area contributed by atoms with E-state index in [1.807, 2.05) is 0 Å². The zero-order chi connectivity index (χ0) is 20.0. The predicted molar refractivity (Wildman–Crippen MR) is 88.7 cm³/mol. The summed E-state index contributed by atoms with van der Waals surface area (Å²) in [7, 11) is -3.88. The summed E-state index contributed by atoms with van der Waals surface area (Å²) in [5.41, 5.74) is -2.62. The van der Waals surface area contributed by atoms with Crippen LogP contribution in [-0.2, 0) is 10.0 Å². The van der Waals surface area contributed by atoms with Crippen molar-refractivity contribution in [2.75, 3.05) is 6.61 Å². The molecule has 2 saturated carbocycles. The Hall–Kier alpha value is -1.55. The molecule has 11 heteroatoms. The number of ether oxygens (including phenoxy) is 1. The number of carbonyl (C=O) groups is 1. The van der Waals surface area contributed by atoms with E-state index in [-0.39, 0.29) is 23.6 Å². The molecule has 2 aliphatic carbocycles. The van der Waals surface area contributed by atoms with Crippen molar-refractivity contribution in [2.24, 2.45) is 5.41 Å². The Labute approximate surface area is 158 Å². The Morgan fingerprint density at radius 3 is 2.41 bits per heavy atom. The van der Waals surface area contributed by atoms with E-state index in [1.54, 1.807) is 4.72 Å². The van der Waals surface area contributed by atoms with Gasteiger partial charge in [-0.25, -0.2) is 17.5 Å². The molecule has 2 fully saturated rings. The van der Waals surface area contributed by atoms with Crippen molar-refractivity contribution in [3.63, 3.8) is 0 Å². The van der Waals surface area contributed by atoms with Gasteiger partial charge in [0.25, 0.3) is 5.91 Å². The largest absolute Gasteiger partial charge is 0.491 e. The molecule has 1 aromatic rings. The van der Waals surface area contributed by atoms with Gasteiger partial charge < -0.3 is 4.74 Å². The number of halogens is 5. The van der Waals surface area contributed by atoms with Crippen LogP contribution in [0.2, 0.25) is 5.02 Å². The predicted octanol–water partition coefficient (Wildman–Crippen LogP) is 3.81. The summed E-state index contributed by atoms with van der Waals surface area (Å²) in [6, 6.07) is 1.52. The lowest BCUT2D eigenvalue weighted by Crippen LogP contribution is -2.48. The van der Waals surface area contributed by atoms with Gasteiger partial charge in [-0.2, -0.15) is 13.2 Å². The first-order valence-corrected chi connectivity index (χ1v) is 10.1. The Balaban J connectivity index is 1.74. The highest BCUT2D eigenvalue weighted by molar-refractivity contribution is 7.91. The molecule has 0 heterocycles. The number of amides is 1. The molecule has 5 nitrogen and oxygen atoms in total. The average Bonchev–Trinajstić information content (AvgIpc) is 3.32. The zero-order valence-electron chi connectivity index (χ0n) is 13.9. The van der Waals surface area contributed by atoms with Crippen molar-refractivity contribution in [2.45, 2.75) is 43.5 Å². The summed E-state index contributed by atoms with van der Waals surface area (Å²) in [6.45, 7) is -0.711. The van der Waals surface area contributed by atoms with Gasteiger partial charge in [0, 0.05) is 6.07 Å². The van der Waals surface area contributed by atoms with Gasteiger partial charge in [-0.3, -0.25) is 4.79 Å². The molecular weight excluding hydrogens is 414 g/mol. The number of nitrogens with one attached hydrogen (secondary N) is 1. The Morgan fingerprint density at radius 2 is 1.93 bits per heavy atom. The lowest BCUT2D eigenvalue weighted by atomic mass is 9.69. The van der Waals surface area contributed by atoms with Crippen molar-refractivity contribution in [1.82, 2.24) is 4.72 Å². The molecular formula is C16H16ClF4NO4S. The number of carbonyl (C=O) groups excluding carboxylic acids is 1. The Bertz CT molecular complexity index is 864. The number of alkyl halides is 3. The van der Waals surface area contributed by atoms with Gasteiger partial charge in [-0.05, 0) is 31.7 Å². The highest BCUT2D eigenvalue weighted by atomic mass is 35.5. The SMILES string of the molecule is O=C(NS(=O)(=O)C1CC1)c1cc(Cl)c(OCC2(C(F)(F)F)CCC2)cc1F. The van der Waals surface area contributed by atoms with Gasteiger partial charge in [0.1, 0.15) is 18.2 Å². The van der Waals surface area contributed by atoms with Crippen LogP contribution in [0.5, 0.6) is 5.75 Å². The smallest absolute Gasteiger partial charge is 0.397 e. The fourth-order valence-electron chi connectivity index (χ4n) is 2.79. The zero-order valence-corrected chi connectivity index (χ0v) is 15.5. The van der Waals surface area contributed by atoms with Gasteiger partial charge in [0.05, 0.1) is 21.3 Å². The molecule has 0 aromatic heterocycles. The van der Waals surface area contributed by atoms with Crippen LogP contribution >= 0.6 is 11.6 Å². The first-order chi connectivity index (χ1) is 12.5. The van der Waals surface area contributed by atoms with Gasteiger partial charge in [0.15, 0.2) is 0 Å². The van der Waals surface area contributed by atoms with Crippen LogP contribution in [0.3, 0.4) is 0 Å². The molecule has 3 rings (SSSR count). The second-order valence-electron chi connectivity index (χ2n) is 6.86. The molecule has 0 spiro atoms. The van der Waals surface area contributed by atoms with E-state index in [0.717, 1.165) is 6.07 Å². The van der Waals surface area contributed by atoms with Crippen LogP contribution in [0, 0.1) is 11.2 Å². The van der Waals surface area contributed by atoms with Gasteiger partial charge >= 0.3 is 6.18 Å². The fourth-order valence-corrected chi connectivity index (χ4v) is 4.30. The molecule has 1 N–H and O–H groups in total. The molecule has 150 valence electrons. The lowest BCUT2D eigenvalue weighted by molar-refractivity contribution is -0.259. The molecule has 0 bridgehead atoms. The first-order valence-electron chi connectivity index (χ1n) is 8.20. The molecule has 0 saturated heterocycles. The minimum atomic E-state index is -4.45. The second kappa shape index (κ2) is 6.80. The molecule has 0 atom stereocenters. The average molecular weight is 430 g/mol. The van der Waals surface area contributed by atoms with Crippen LogP contribution < -0.4 is 9.46 Å². The maximum atomic E-state index is 14.2. The van der Waals surface area contributed by atoms with Crippen LogP contribution in [-0.4, -0.2) is 32.4 Å². The minimum absolute atomic E-state index is 0.0872. The molecule has 27 heavy (non-hydrogen) atoms. The molecule has 1 aromatic carbocycles. The molecule has 2 aliphatic rings. The summed E-state index contributed by atoms with van der Waals surface area (Å²) in [5.74, 6) is -2.68. The third kappa shape index (κ3) is 4.01. The van der Waals surface area contributed by atoms with E-state index >= 15 is 0 Å². The summed E-state index contributed by atoms with van der Waals surface area (Å²) >= 11 is 5.89. The standard InChI is InChI=1S/C16H16ClF4NO4S/c17-11-6-10(14(23)22-27(24,25)9-2-3-9)12(18)7-13(11)26-8-15(4-1-5-15)16(19,20)21/h6-7,9H,1-5,8H2,(H,22,23). The monoisotopic (exact) mass is 429 g/mol. The third-order valence-corrected chi connectivity index (χ3v) is 6.99. The number of rotatable bonds is 6. The number of hydrogen-bond acceptors (Lipinski definition) is 4. The Morgan fingerprint density at radius 1 is 1.30 bits per heavy atom. The quantitative estimate of drug-likeness (QED) is 0.698. The second-order valence-corrected chi connectivity index (χ2v) is 9.23. The van der Waals surface area contributed by atoms with Crippen molar-refractivity contribution in [3.8, 4) is 5.75 Å². The van der Waals surface area contributed by atoms with Crippen LogP contribution in [0.1, 0.15) is 42.5 Å². The number of hydrogen-bond donors (Lipinski definition) is 1. The third-order valence-electron chi connectivity index (χ3n) is 4.88. The lowest BCUT2D eigenvalue weighted by Gasteiger charge is -2.42. The molecule has 0 radical (unpaired) electrons.